The van der Waals surface area contributed by atoms with E-state index in [1.807, 2.05) is 0 Å². The van der Waals surface area contributed by atoms with Crippen molar-refractivity contribution in [2.24, 2.45) is 0 Å². The first-order valence-corrected chi connectivity index (χ1v) is 5.84. The molecule has 0 aromatic heterocycles. The molecular weight excluding hydrogens is 279 g/mol. The Morgan fingerprint density at radius 1 is 1.53 bits per heavy atom. The van der Waals surface area contributed by atoms with E-state index in [4.69, 9.17) is 21.1 Å². The van der Waals surface area contributed by atoms with Gasteiger partial charge in [0.1, 0.15) is 11.5 Å². The summed E-state index contributed by atoms with van der Waals surface area (Å²) in [7, 11) is 1.63. The van der Waals surface area contributed by atoms with Crippen molar-refractivity contribution in [3.63, 3.8) is 0 Å². The molecule has 0 spiro atoms. The van der Waals surface area contributed by atoms with Crippen LogP contribution < -0.4 is 9.47 Å². The molecule has 0 radical (unpaired) electrons. The van der Waals surface area contributed by atoms with Crippen LogP contribution in [0.15, 0.2) is 10.5 Å². The van der Waals surface area contributed by atoms with E-state index >= 15 is 0 Å². The van der Waals surface area contributed by atoms with E-state index in [2.05, 4.69) is 29.8 Å². The Kier molecular flexibility index (Phi) is 2.63. The van der Waals surface area contributed by atoms with Crippen molar-refractivity contribution in [1.29, 1.82) is 0 Å². The number of rotatable bonds is 1. The van der Waals surface area contributed by atoms with Crippen molar-refractivity contribution in [3.8, 4) is 11.5 Å². The second-order valence-electron chi connectivity index (χ2n) is 4.25. The van der Waals surface area contributed by atoms with Crippen LogP contribution in [-0.2, 0) is 5.41 Å². The number of ether oxygens (including phenoxy) is 2. The Bertz CT molecular complexity index is 416. The minimum Gasteiger partial charge on any atom is -0.495 e. The highest BCUT2D eigenvalue weighted by atomic mass is 79.9. The molecule has 0 bridgehead atoms. The van der Waals surface area contributed by atoms with Gasteiger partial charge in [-0.05, 0) is 22.0 Å². The van der Waals surface area contributed by atoms with Crippen molar-refractivity contribution >= 4 is 27.5 Å². The van der Waals surface area contributed by atoms with Gasteiger partial charge in [0, 0.05) is 11.0 Å². The molecule has 0 N–H and O–H groups in total. The molecule has 0 atom stereocenters. The fourth-order valence-corrected chi connectivity index (χ4v) is 2.82. The maximum atomic E-state index is 6.13. The summed E-state index contributed by atoms with van der Waals surface area (Å²) in [6.45, 7) is 4.88. The molecule has 1 aromatic carbocycles. The molecule has 0 amide bonds. The molecule has 0 aliphatic carbocycles. The Labute approximate surface area is 103 Å². The summed E-state index contributed by atoms with van der Waals surface area (Å²) in [6.07, 6.45) is 0. The van der Waals surface area contributed by atoms with E-state index in [0.717, 1.165) is 21.5 Å². The standard InChI is InChI=1S/C11H12BrClO2/c1-11(2)5-15-9-6(12)4-7(13)10(14-3)8(9)11/h4H,5H2,1-3H3. The fraction of sp³-hybridized carbons (Fsp3) is 0.455. The number of fused-ring (bicyclic) bond motifs is 1. The van der Waals surface area contributed by atoms with Crippen LogP contribution in [0.1, 0.15) is 19.4 Å². The number of methoxy groups -OCH3 is 1. The van der Waals surface area contributed by atoms with Crippen LogP contribution in [0.25, 0.3) is 0 Å². The first-order valence-electron chi connectivity index (χ1n) is 4.66. The predicted octanol–water partition coefficient (Wildman–Crippen LogP) is 3.78. The van der Waals surface area contributed by atoms with E-state index in [0.29, 0.717) is 11.6 Å². The summed E-state index contributed by atoms with van der Waals surface area (Å²) in [5, 5.41) is 0.613. The molecule has 4 heteroatoms. The van der Waals surface area contributed by atoms with Crippen molar-refractivity contribution in [1.82, 2.24) is 0 Å². The first-order chi connectivity index (χ1) is 6.97. The van der Waals surface area contributed by atoms with Crippen LogP contribution in [0.5, 0.6) is 11.5 Å². The largest absolute Gasteiger partial charge is 0.495 e. The summed E-state index contributed by atoms with van der Waals surface area (Å²) in [6, 6.07) is 1.81. The molecule has 1 aliphatic rings. The Hall–Kier alpha value is -0.410. The van der Waals surface area contributed by atoms with E-state index in [1.54, 1.807) is 13.2 Å². The first kappa shape index (κ1) is 11.1. The van der Waals surface area contributed by atoms with E-state index in [9.17, 15) is 0 Å². The normalized spacial score (nSPS) is 17.1. The number of halogens is 2. The maximum absolute atomic E-state index is 6.13. The molecule has 0 saturated carbocycles. The lowest BCUT2D eigenvalue weighted by Gasteiger charge is -2.19. The van der Waals surface area contributed by atoms with Gasteiger partial charge in [0.2, 0.25) is 0 Å². The van der Waals surface area contributed by atoms with Crippen LogP contribution in [0, 0.1) is 0 Å². The van der Waals surface area contributed by atoms with Crippen molar-refractivity contribution in [2.45, 2.75) is 19.3 Å². The zero-order valence-electron chi connectivity index (χ0n) is 8.86. The average molecular weight is 292 g/mol. The van der Waals surface area contributed by atoms with Gasteiger partial charge < -0.3 is 9.47 Å². The minimum absolute atomic E-state index is 0.0614. The SMILES string of the molecule is COc1c(Cl)cc(Br)c2c1C(C)(C)CO2. The van der Waals surface area contributed by atoms with Crippen molar-refractivity contribution < 1.29 is 9.47 Å². The third-order valence-corrected chi connectivity index (χ3v) is 3.47. The molecule has 2 rings (SSSR count). The molecule has 1 heterocycles. The van der Waals surface area contributed by atoms with Gasteiger partial charge in [-0.15, -0.1) is 0 Å². The highest BCUT2D eigenvalue weighted by molar-refractivity contribution is 9.10. The predicted molar refractivity (Wildman–Crippen MR) is 64.2 cm³/mol. The Morgan fingerprint density at radius 3 is 2.80 bits per heavy atom. The van der Waals surface area contributed by atoms with E-state index < -0.39 is 0 Å². The van der Waals surface area contributed by atoms with Gasteiger partial charge in [0.15, 0.2) is 0 Å². The summed E-state index contributed by atoms with van der Waals surface area (Å²) < 4.78 is 11.9. The average Bonchev–Trinajstić information content (AvgIpc) is 2.44. The zero-order valence-corrected chi connectivity index (χ0v) is 11.2. The van der Waals surface area contributed by atoms with Crippen LogP contribution in [0.4, 0.5) is 0 Å². The summed E-state index contributed by atoms with van der Waals surface area (Å²) in [5.41, 5.74) is 0.984. The second kappa shape index (κ2) is 3.56. The van der Waals surface area contributed by atoms with Crippen molar-refractivity contribution in [2.75, 3.05) is 13.7 Å². The lowest BCUT2D eigenvalue weighted by atomic mass is 9.86. The Balaban J connectivity index is 2.74. The molecular formula is C11H12BrClO2. The Morgan fingerprint density at radius 2 is 2.20 bits per heavy atom. The van der Waals surface area contributed by atoms with Crippen LogP contribution in [0.2, 0.25) is 5.02 Å². The topological polar surface area (TPSA) is 18.5 Å². The van der Waals surface area contributed by atoms with E-state index in [1.165, 1.54) is 0 Å². The van der Waals surface area contributed by atoms with Gasteiger partial charge in [-0.25, -0.2) is 0 Å². The molecule has 1 aliphatic heterocycles. The van der Waals surface area contributed by atoms with Gasteiger partial charge in [-0.2, -0.15) is 0 Å². The van der Waals surface area contributed by atoms with Crippen molar-refractivity contribution in [3.05, 3.63) is 21.1 Å². The highest BCUT2D eigenvalue weighted by Crippen LogP contribution is 2.50. The van der Waals surface area contributed by atoms with Gasteiger partial charge >= 0.3 is 0 Å². The molecule has 15 heavy (non-hydrogen) atoms. The quantitative estimate of drug-likeness (QED) is 0.784. The van der Waals surface area contributed by atoms with Gasteiger partial charge in [0.25, 0.3) is 0 Å². The van der Waals surface area contributed by atoms with Crippen LogP contribution >= 0.6 is 27.5 Å². The summed E-state index contributed by atoms with van der Waals surface area (Å²) in [4.78, 5) is 0. The lowest BCUT2D eigenvalue weighted by molar-refractivity contribution is 0.288. The highest BCUT2D eigenvalue weighted by Gasteiger charge is 2.37. The minimum atomic E-state index is -0.0614. The van der Waals surface area contributed by atoms with Crippen LogP contribution in [-0.4, -0.2) is 13.7 Å². The third-order valence-electron chi connectivity index (χ3n) is 2.60. The number of benzene rings is 1. The smallest absolute Gasteiger partial charge is 0.145 e. The molecule has 0 fully saturated rings. The molecule has 1 aromatic rings. The second-order valence-corrected chi connectivity index (χ2v) is 5.51. The number of hydrogen-bond acceptors (Lipinski definition) is 2. The van der Waals surface area contributed by atoms with Gasteiger partial charge in [-0.3, -0.25) is 0 Å². The molecule has 2 nitrogen and oxygen atoms in total. The lowest BCUT2D eigenvalue weighted by Crippen LogP contribution is -2.19. The van der Waals surface area contributed by atoms with E-state index in [-0.39, 0.29) is 5.41 Å². The molecule has 0 unspecified atom stereocenters. The molecule has 0 saturated heterocycles. The monoisotopic (exact) mass is 290 g/mol. The maximum Gasteiger partial charge on any atom is 0.145 e. The fourth-order valence-electron chi connectivity index (χ4n) is 1.86. The third kappa shape index (κ3) is 1.62. The number of hydrogen-bond donors (Lipinski definition) is 0. The molecule has 82 valence electrons. The zero-order chi connectivity index (χ0) is 11.2. The summed E-state index contributed by atoms with van der Waals surface area (Å²) in [5.74, 6) is 1.57. The van der Waals surface area contributed by atoms with Gasteiger partial charge in [-0.1, -0.05) is 25.4 Å². The van der Waals surface area contributed by atoms with Gasteiger partial charge in [0.05, 0.1) is 23.2 Å². The van der Waals surface area contributed by atoms with Crippen LogP contribution in [0.3, 0.4) is 0 Å². The summed E-state index contributed by atoms with van der Waals surface area (Å²) >= 11 is 9.58.